The molecular formula is C29H38N2O3. The highest BCUT2D eigenvalue weighted by atomic mass is 16.2. The van der Waals surface area contributed by atoms with E-state index >= 15 is 0 Å². The van der Waals surface area contributed by atoms with Crippen LogP contribution in [0.2, 0.25) is 0 Å². The van der Waals surface area contributed by atoms with Crippen molar-refractivity contribution in [3.05, 3.63) is 46.4 Å². The highest BCUT2D eigenvalue weighted by molar-refractivity contribution is 5.86. The number of amides is 1. The molecule has 5 nitrogen and oxygen atoms in total. The number of rotatable bonds is 6. The fourth-order valence-corrected chi connectivity index (χ4v) is 6.17. The fraction of sp³-hybridized carbons (Fsp3) is 0.621. The van der Waals surface area contributed by atoms with E-state index in [0.29, 0.717) is 11.3 Å². The molecule has 0 spiro atoms. The van der Waals surface area contributed by atoms with E-state index < -0.39 is 0 Å². The Balaban J connectivity index is 1.48. The Hall–Kier alpha value is -2.43. The zero-order valence-corrected chi connectivity index (χ0v) is 20.7. The van der Waals surface area contributed by atoms with Crippen molar-refractivity contribution in [2.75, 3.05) is 13.1 Å². The number of nitrogens with zero attached hydrogens (tertiary/aromatic N) is 2. The number of likely N-dealkylation sites (tertiary alicyclic amines) is 1. The van der Waals surface area contributed by atoms with Gasteiger partial charge >= 0.3 is 0 Å². The zero-order valence-electron chi connectivity index (χ0n) is 20.7. The SMILES string of the molecule is CC(C)C(=O)[C@@H](C1CCCCC1)n1ccc2ccc(C3CCCN(C(=O)C4CC4)C3)cc2c1=O. The Morgan fingerprint density at radius 1 is 0.941 bits per heavy atom. The van der Waals surface area contributed by atoms with Gasteiger partial charge in [-0.1, -0.05) is 45.2 Å². The predicted octanol–water partition coefficient (Wildman–Crippen LogP) is 5.46. The summed E-state index contributed by atoms with van der Waals surface area (Å²) in [5.41, 5.74) is 1.09. The van der Waals surface area contributed by atoms with E-state index in [1.54, 1.807) is 4.57 Å². The maximum Gasteiger partial charge on any atom is 0.259 e. The first-order valence-electron chi connectivity index (χ1n) is 13.4. The normalized spacial score (nSPS) is 22.8. The summed E-state index contributed by atoms with van der Waals surface area (Å²) in [6.07, 6.45) is 11.5. The van der Waals surface area contributed by atoms with Gasteiger partial charge in [-0.15, -0.1) is 0 Å². The number of Topliss-reactive ketones (excluding diaryl/α,β-unsaturated/α-hetero) is 1. The number of benzene rings is 1. The van der Waals surface area contributed by atoms with Crippen molar-refractivity contribution in [2.24, 2.45) is 17.8 Å². The monoisotopic (exact) mass is 462 g/mol. The second-order valence-corrected chi connectivity index (χ2v) is 11.2. The lowest BCUT2D eigenvalue weighted by Crippen LogP contribution is -2.40. The Morgan fingerprint density at radius 3 is 2.41 bits per heavy atom. The molecule has 1 amide bonds. The quantitative estimate of drug-likeness (QED) is 0.572. The molecule has 5 heteroatoms. The summed E-state index contributed by atoms with van der Waals surface area (Å²) in [5.74, 6) is 1.14. The first kappa shape index (κ1) is 23.3. The number of fused-ring (bicyclic) bond motifs is 1. The lowest BCUT2D eigenvalue weighted by molar-refractivity contribution is -0.133. The molecule has 2 saturated carbocycles. The molecule has 1 unspecified atom stereocenters. The number of piperidine rings is 1. The summed E-state index contributed by atoms with van der Waals surface area (Å²) in [6.45, 7) is 5.49. The topological polar surface area (TPSA) is 59.4 Å². The van der Waals surface area contributed by atoms with E-state index in [9.17, 15) is 14.4 Å². The molecular weight excluding hydrogens is 424 g/mol. The summed E-state index contributed by atoms with van der Waals surface area (Å²) in [4.78, 5) is 41.8. The van der Waals surface area contributed by atoms with Crippen LogP contribution in [0.5, 0.6) is 0 Å². The van der Waals surface area contributed by atoms with Crippen LogP contribution in [0.1, 0.15) is 89.2 Å². The number of aromatic nitrogens is 1. The van der Waals surface area contributed by atoms with Gasteiger partial charge in [0.25, 0.3) is 5.56 Å². The second kappa shape index (κ2) is 9.67. The number of carbonyl (C=O) groups is 2. The molecule has 2 heterocycles. The van der Waals surface area contributed by atoms with Gasteiger partial charge in [-0.05, 0) is 67.5 Å². The molecule has 2 aliphatic carbocycles. The third-order valence-electron chi connectivity index (χ3n) is 8.34. The molecule has 0 N–H and O–H groups in total. The van der Waals surface area contributed by atoms with Crippen molar-refractivity contribution in [1.82, 2.24) is 9.47 Å². The largest absolute Gasteiger partial charge is 0.342 e. The number of pyridine rings is 1. The van der Waals surface area contributed by atoms with Gasteiger partial charge in [0.2, 0.25) is 5.91 Å². The lowest BCUT2D eigenvalue weighted by atomic mass is 9.80. The van der Waals surface area contributed by atoms with Crippen LogP contribution < -0.4 is 5.56 Å². The van der Waals surface area contributed by atoms with E-state index in [2.05, 4.69) is 6.07 Å². The van der Waals surface area contributed by atoms with Gasteiger partial charge in [0, 0.05) is 42.4 Å². The molecule has 2 aromatic rings. The number of carbonyl (C=O) groups excluding carboxylic acids is 2. The molecule has 1 aliphatic heterocycles. The Kier molecular flexibility index (Phi) is 6.63. The van der Waals surface area contributed by atoms with Gasteiger partial charge in [-0.3, -0.25) is 14.4 Å². The molecule has 0 radical (unpaired) electrons. The third-order valence-corrected chi connectivity index (χ3v) is 8.34. The number of ketones is 1. The summed E-state index contributed by atoms with van der Waals surface area (Å²) >= 11 is 0. The number of hydrogen-bond donors (Lipinski definition) is 0. The van der Waals surface area contributed by atoms with Crippen LogP contribution in [0.25, 0.3) is 10.8 Å². The standard InChI is InChI=1S/C29H38N2O3/c1-19(2)27(32)26(21-7-4-3-5-8-21)31-16-14-20-10-13-23(17-25(20)29(31)34)24-9-6-15-30(18-24)28(33)22-11-12-22/h10,13-14,16-17,19,21-22,24,26H,3-9,11-12,15,18H2,1-2H3/t24?,26-/m1/s1. The summed E-state index contributed by atoms with van der Waals surface area (Å²) < 4.78 is 1.74. The van der Waals surface area contributed by atoms with Crippen LogP contribution in [-0.2, 0) is 9.59 Å². The maximum absolute atomic E-state index is 13.8. The van der Waals surface area contributed by atoms with Crippen molar-refractivity contribution in [1.29, 1.82) is 0 Å². The van der Waals surface area contributed by atoms with Gasteiger partial charge in [0.1, 0.15) is 0 Å². The van der Waals surface area contributed by atoms with Crippen LogP contribution in [0, 0.1) is 17.8 Å². The van der Waals surface area contributed by atoms with E-state index in [-0.39, 0.29) is 41.1 Å². The van der Waals surface area contributed by atoms with Gasteiger partial charge < -0.3 is 9.47 Å². The van der Waals surface area contributed by atoms with E-state index in [0.717, 1.165) is 75.4 Å². The van der Waals surface area contributed by atoms with Crippen molar-refractivity contribution in [2.45, 2.75) is 83.6 Å². The van der Waals surface area contributed by atoms with Gasteiger partial charge in [-0.2, -0.15) is 0 Å². The highest BCUT2D eigenvalue weighted by Crippen LogP contribution is 2.36. The molecule has 1 saturated heterocycles. The third kappa shape index (κ3) is 4.58. The zero-order chi connectivity index (χ0) is 23.8. The Labute approximate surface area is 202 Å². The molecule has 1 aromatic carbocycles. The van der Waals surface area contributed by atoms with Crippen LogP contribution in [0.3, 0.4) is 0 Å². The van der Waals surface area contributed by atoms with Crippen LogP contribution in [-0.4, -0.2) is 34.2 Å². The minimum Gasteiger partial charge on any atom is -0.342 e. The van der Waals surface area contributed by atoms with E-state index in [1.807, 2.05) is 43.1 Å². The average Bonchev–Trinajstić information content (AvgIpc) is 3.71. The molecule has 0 bridgehead atoms. The van der Waals surface area contributed by atoms with Crippen LogP contribution in [0.4, 0.5) is 0 Å². The predicted molar refractivity (Wildman–Crippen MR) is 135 cm³/mol. The van der Waals surface area contributed by atoms with Gasteiger partial charge in [-0.25, -0.2) is 0 Å². The molecule has 3 aliphatic rings. The van der Waals surface area contributed by atoms with E-state index in [1.165, 1.54) is 6.42 Å². The van der Waals surface area contributed by atoms with Crippen molar-refractivity contribution >= 4 is 22.5 Å². The maximum atomic E-state index is 13.8. The summed E-state index contributed by atoms with van der Waals surface area (Å²) in [5, 5.41) is 1.62. The molecule has 1 aromatic heterocycles. The van der Waals surface area contributed by atoms with E-state index in [4.69, 9.17) is 0 Å². The van der Waals surface area contributed by atoms with Crippen molar-refractivity contribution in [3.8, 4) is 0 Å². The fourth-order valence-electron chi connectivity index (χ4n) is 6.17. The Morgan fingerprint density at radius 2 is 1.71 bits per heavy atom. The second-order valence-electron chi connectivity index (χ2n) is 11.2. The molecule has 182 valence electrons. The highest BCUT2D eigenvalue weighted by Gasteiger charge is 2.36. The van der Waals surface area contributed by atoms with Crippen LogP contribution in [0.15, 0.2) is 35.3 Å². The smallest absolute Gasteiger partial charge is 0.259 e. The summed E-state index contributed by atoms with van der Waals surface area (Å²) in [7, 11) is 0. The first-order chi connectivity index (χ1) is 16.4. The molecule has 34 heavy (non-hydrogen) atoms. The molecule has 2 atom stereocenters. The number of hydrogen-bond acceptors (Lipinski definition) is 3. The minimum atomic E-state index is -0.373. The summed E-state index contributed by atoms with van der Waals surface area (Å²) in [6, 6.07) is 7.83. The van der Waals surface area contributed by atoms with Crippen molar-refractivity contribution < 1.29 is 9.59 Å². The molecule has 3 fully saturated rings. The van der Waals surface area contributed by atoms with Gasteiger partial charge in [0.05, 0.1) is 6.04 Å². The lowest BCUT2D eigenvalue weighted by Gasteiger charge is -2.33. The average molecular weight is 463 g/mol. The minimum absolute atomic E-state index is 0.0503. The van der Waals surface area contributed by atoms with Crippen molar-refractivity contribution in [3.63, 3.8) is 0 Å². The first-order valence-corrected chi connectivity index (χ1v) is 13.4. The van der Waals surface area contributed by atoms with Crippen LogP contribution >= 0.6 is 0 Å². The van der Waals surface area contributed by atoms with Gasteiger partial charge in [0.15, 0.2) is 5.78 Å². The Bertz CT molecular complexity index is 1120. The molecule has 5 rings (SSSR count).